The van der Waals surface area contributed by atoms with Gasteiger partial charge >= 0.3 is 6.09 Å². The molecule has 1 aliphatic heterocycles. The van der Waals surface area contributed by atoms with Gasteiger partial charge in [0.15, 0.2) is 6.10 Å². The topological polar surface area (TPSA) is 47.6 Å². The first-order chi connectivity index (χ1) is 7.24. The molecule has 1 unspecified atom stereocenters. The molecule has 80 valence electrons. The van der Waals surface area contributed by atoms with Crippen LogP contribution in [0.5, 0.6) is 5.75 Å². The number of alkyl carbamates (subject to hydrolysis) is 1. The summed E-state index contributed by atoms with van der Waals surface area (Å²) < 4.78 is 11.6. The molecule has 0 spiro atoms. The lowest BCUT2D eigenvalue weighted by atomic mass is 10.3. The molecule has 0 bridgehead atoms. The van der Waals surface area contributed by atoms with Crippen molar-refractivity contribution < 1.29 is 14.3 Å². The third kappa shape index (κ3) is 2.98. The second kappa shape index (κ2) is 4.69. The predicted molar refractivity (Wildman–Crippen MR) is 62.9 cm³/mol. The van der Waals surface area contributed by atoms with Gasteiger partial charge in [-0.2, -0.15) is 0 Å². The van der Waals surface area contributed by atoms with E-state index in [4.69, 9.17) is 9.47 Å². The normalized spacial score (nSPS) is 19.5. The van der Waals surface area contributed by atoms with E-state index in [9.17, 15) is 4.79 Å². The molecule has 1 aromatic rings. The zero-order chi connectivity index (χ0) is 10.7. The van der Waals surface area contributed by atoms with Crippen LogP contribution in [0, 0.1) is 3.57 Å². The molecule has 2 rings (SSSR count). The number of halogens is 1. The van der Waals surface area contributed by atoms with Crippen molar-refractivity contribution in [1.82, 2.24) is 5.32 Å². The summed E-state index contributed by atoms with van der Waals surface area (Å²) in [6.45, 7) is 0.904. The largest absolute Gasteiger partial charge is 0.490 e. The van der Waals surface area contributed by atoms with Gasteiger partial charge in [0.25, 0.3) is 0 Å². The average Bonchev–Trinajstić information content (AvgIpc) is 2.62. The van der Waals surface area contributed by atoms with E-state index in [1.54, 1.807) is 0 Å². The van der Waals surface area contributed by atoms with E-state index >= 15 is 0 Å². The maximum Gasteiger partial charge on any atom is 0.407 e. The van der Waals surface area contributed by atoms with Gasteiger partial charge in [0.1, 0.15) is 12.4 Å². The van der Waals surface area contributed by atoms with Crippen LogP contribution in [0.1, 0.15) is 0 Å². The van der Waals surface area contributed by atoms with Crippen LogP contribution in [0.4, 0.5) is 4.79 Å². The minimum absolute atomic E-state index is 0.185. The minimum atomic E-state index is -0.369. The number of ether oxygens (including phenoxy) is 2. The van der Waals surface area contributed by atoms with Gasteiger partial charge in [-0.05, 0) is 40.8 Å². The molecule has 1 heterocycles. The highest BCUT2D eigenvalue weighted by molar-refractivity contribution is 14.1. The number of hydrogen-bond donors (Lipinski definition) is 1. The summed E-state index contributed by atoms with van der Waals surface area (Å²) >= 11 is 2.22. The first-order valence-corrected chi connectivity index (χ1v) is 5.65. The molecule has 0 aromatic heterocycles. The second-order valence-corrected chi connectivity index (χ2v) is 4.42. The van der Waals surface area contributed by atoms with Gasteiger partial charge in [-0.25, -0.2) is 4.79 Å². The number of cyclic esters (lactones) is 1. The molecule has 1 N–H and O–H groups in total. The van der Waals surface area contributed by atoms with Crippen LogP contribution >= 0.6 is 22.6 Å². The number of nitrogens with one attached hydrogen (secondary N) is 1. The average molecular weight is 319 g/mol. The van der Waals surface area contributed by atoms with E-state index in [1.165, 1.54) is 0 Å². The van der Waals surface area contributed by atoms with Gasteiger partial charge in [-0.3, -0.25) is 0 Å². The zero-order valence-corrected chi connectivity index (χ0v) is 10.1. The van der Waals surface area contributed by atoms with Crippen LogP contribution in [0.3, 0.4) is 0 Å². The van der Waals surface area contributed by atoms with Crippen molar-refractivity contribution in [3.8, 4) is 5.75 Å². The molecule has 1 aliphatic rings. The molecule has 0 saturated carbocycles. The lowest BCUT2D eigenvalue weighted by molar-refractivity contribution is 0.105. The van der Waals surface area contributed by atoms with E-state index in [1.807, 2.05) is 24.3 Å². The molecule has 0 aliphatic carbocycles. The van der Waals surface area contributed by atoms with Crippen LogP contribution in [0.25, 0.3) is 0 Å². The number of amides is 1. The number of carbonyl (C=O) groups excluding carboxylic acids is 1. The number of hydrogen-bond acceptors (Lipinski definition) is 3. The Morgan fingerprint density at radius 1 is 1.60 bits per heavy atom. The second-order valence-electron chi connectivity index (χ2n) is 3.18. The van der Waals surface area contributed by atoms with E-state index in [0.29, 0.717) is 13.2 Å². The van der Waals surface area contributed by atoms with Gasteiger partial charge in [-0.1, -0.05) is 6.07 Å². The third-order valence-electron chi connectivity index (χ3n) is 1.98. The quantitative estimate of drug-likeness (QED) is 0.864. The number of benzene rings is 1. The fraction of sp³-hybridized carbons (Fsp3) is 0.300. The molecule has 5 heteroatoms. The van der Waals surface area contributed by atoms with E-state index < -0.39 is 0 Å². The molecule has 1 amide bonds. The SMILES string of the molecule is O=C1NCC(COc2cccc(I)c2)O1. The van der Waals surface area contributed by atoms with E-state index in [0.717, 1.165) is 9.32 Å². The van der Waals surface area contributed by atoms with Crippen LogP contribution in [-0.2, 0) is 4.74 Å². The molecule has 4 nitrogen and oxygen atoms in total. The van der Waals surface area contributed by atoms with Gasteiger partial charge < -0.3 is 14.8 Å². The first-order valence-electron chi connectivity index (χ1n) is 4.57. The summed E-state index contributed by atoms with van der Waals surface area (Å²) in [6.07, 6.45) is -0.554. The monoisotopic (exact) mass is 319 g/mol. The highest BCUT2D eigenvalue weighted by Gasteiger charge is 2.22. The molecule has 1 aromatic carbocycles. The number of rotatable bonds is 3. The first kappa shape index (κ1) is 10.5. The summed E-state index contributed by atoms with van der Waals surface area (Å²) in [5.41, 5.74) is 0. The summed E-state index contributed by atoms with van der Waals surface area (Å²) in [6, 6.07) is 7.73. The van der Waals surface area contributed by atoms with Crippen molar-refractivity contribution in [2.45, 2.75) is 6.10 Å². The molecule has 0 radical (unpaired) electrons. The van der Waals surface area contributed by atoms with Gasteiger partial charge in [-0.15, -0.1) is 0 Å². The lowest BCUT2D eigenvalue weighted by Crippen LogP contribution is -2.21. The van der Waals surface area contributed by atoms with Crippen LogP contribution in [0.15, 0.2) is 24.3 Å². The van der Waals surface area contributed by atoms with Crippen molar-refractivity contribution in [3.63, 3.8) is 0 Å². The predicted octanol–water partition coefficient (Wildman–Crippen LogP) is 1.78. The lowest BCUT2D eigenvalue weighted by Gasteiger charge is -2.10. The highest BCUT2D eigenvalue weighted by Crippen LogP contribution is 2.15. The zero-order valence-electron chi connectivity index (χ0n) is 7.90. The molecular formula is C10H10INO3. The van der Waals surface area contributed by atoms with Crippen molar-refractivity contribution in [3.05, 3.63) is 27.8 Å². The molecule has 1 fully saturated rings. The smallest absolute Gasteiger partial charge is 0.407 e. The van der Waals surface area contributed by atoms with Crippen molar-refractivity contribution in [2.75, 3.05) is 13.2 Å². The van der Waals surface area contributed by atoms with Crippen molar-refractivity contribution in [2.24, 2.45) is 0 Å². The van der Waals surface area contributed by atoms with Gasteiger partial charge in [0, 0.05) is 3.57 Å². The third-order valence-corrected chi connectivity index (χ3v) is 2.65. The summed E-state index contributed by atoms with van der Waals surface area (Å²) in [5, 5.41) is 2.57. The Bertz CT molecular complexity index is 369. The standard InChI is InChI=1S/C10H10INO3/c11-7-2-1-3-8(4-7)14-6-9-5-12-10(13)15-9/h1-4,9H,5-6H2,(H,12,13). The maximum atomic E-state index is 10.7. The Kier molecular flexibility index (Phi) is 3.30. The van der Waals surface area contributed by atoms with Gasteiger partial charge in [0.2, 0.25) is 0 Å². The molecule has 15 heavy (non-hydrogen) atoms. The summed E-state index contributed by atoms with van der Waals surface area (Å²) in [4.78, 5) is 10.7. The Labute approximate surface area is 101 Å². The van der Waals surface area contributed by atoms with Crippen molar-refractivity contribution in [1.29, 1.82) is 0 Å². The Morgan fingerprint density at radius 3 is 3.13 bits per heavy atom. The summed E-state index contributed by atoms with van der Waals surface area (Å²) in [5.74, 6) is 0.796. The molecular weight excluding hydrogens is 309 g/mol. The van der Waals surface area contributed by atoms with E-state index in [-0.39, 0.29) is 12.2 Å². The number of carbonyl (C=O) groups is 1. The Balaban J connectivity index is 1.85. The Hall–Kier alpha value is -0.980. The van der Waals surface area contributed by atoms with E-state index in [2.05, 4.69) is 27.9 Å². The maximum absolute atomic E-state index is 10.7. The minimum Gasteiger partial charge on any atom is -0.490 e. The van der Waals surface area contributed by atoms with Crippen LogP contribution in [-0.4, -0.2) is 25.3 Å². The van der Waals surface area contributed by atoms with Crippen LogP contribution < -0.4 is 10.1 Å². The molecule has 1 saturated heterocycles. The Morgan fingerprint density at radius 2 is 2.47 bits per heavy atom. The summed E-state index contributed by atoms with van der Waals surface area (Å²) in [7, 11) is 0. The fourth-order valence-electron chi connectivity index (χ4n) is 1.27. The highest BCUT2D eigenvalue weighted by atomic mass is 127. The van der Waals surface area contributed by atoms with Gasteiger partial charge in [0.05, 0.1) is 6.54 Å². The van der Waals surface area contributed by atoms with Crippen molar-refractivity contribution >= 4 is 28.7 Å². The fourth-order valence-corrected chi connectivity index (χ4v) is 1.79. The molecule has 1 atom stereocenters. The van der Waals surface area contributed by atoms with Crippen LogP contribution in [0.2, 0.25) is 0 Å².